The van der Waals surface area contributed by atoms with Gasteiger partial charge < -0.3 is 14.9 Å². The zero-order valence-corrected chi connectivity index (χ0v) is 14.3. The van der Waals surface area contributed by atoms with Crippen LogP contribution in [-0.2, 0) is 9.84 Å². The third kappa shape index (κ3) is 4.18. The summed E-state index contributed by atoms with van der Waals surface area (Å²) in [5.41, 5.74) is 0.519. The smallest absolute Gasteiger partial charge is 0.339 e. The maximum atomic E-state index is 12.2. The number of aryl methyl sites for hydroxylation is 1. The van der Waals surface area contributed by atoms with Gasteiger partial charge in [0.25, 0.3) is 0 Å². The molecule has 0 amide bonds. The maximum absolute atomic E-state index is 12.2. The summed E-state index contributed by atoms with van der Waals surface area (Å²) in [7, 11) is -3.57. The van der Waals surface area contributed by atoms with Gasteiger partial charge in [0.15, 0.2) is 9.84 Å². The summed E-state index contributed by atoms with van der Waals surface area (Å²) in [6.45, 7) is 1.62. The minimum absolute atomic E-state index is 0.103. The van der Waals surface area contributed by atoms with Crippen molar-refractivity contribution in [2.24, 2.45) is 0 Å². The summed E-state index contributed by atoms with van der Waals surface area (Å²) in [6, 6.07) is 8.14. The molecule has 0 aliphatic rings. The van der Waals surface area contributed by atoms with E-state index in [1.54, 1.807) is 13.0 Å². The fourth-order valence-electron chi connectivity index (χ4n) is 1.94. The maximum Gasteiger partial charge on any atom is 0.339 e. The summed E-state index contributed by atoms with van der Waals surface area (Å²) in [5, 5.41) is 18.7. The Labute approximate surface area is 144 Å². The zero-order chi connectivity index (χ0) is 17.9. The largest absolute Gasteiger partial charge is 0.507 e. The lowest BCUT2D eigenvalue weighted by Gasteiger charge is -2.09. The van der Waals surface area contributed by atoms with Crippen molar-refractivity contribution in [1.29, 1.82) is 0 Å². The van der Waals surface area contributed by atoms with Crippen LogP contribution in [0.1, 0.15) is 15.9 Å². The lowest BCUT2D eigenvalue weighted by molar-refractivity contribution is 0.0693. The van der Waals surface area contributed by atoms with Crippen molar-refractivity contribution in [3.8, 4) is 11.5 Å². The first-order chi connectivity index (χ1) is 11.2. The molecule has 0 fully saturated rings. The van der Waals surface area contributed by atoms with Gasteiger partial charge in [-0.3, -0.25) is 0 Å². The minimum Gasteiger partial charge on any atom is -0.507 e. The lowest BCUT2D eigenvalue weighted by atomic mass is 10.2. The first-order valence-corrected chi connectivity index (χ1v) is 8.92. The third-order valence-electron chi connectivity index (χ3n) is 3.32. The first-order valence-electron chi connectivity index (χ1n) is 6.89. The van der Waals surface area contributed by atoms with Gasteiger partial charge in [0.1, 0.15) is 23.7 Å². The third-order valence-corrected chi connectivity index (χ3v) is 5.41. The van der Waals surface area contributed by atoms with Gasteiger partial charge in [-0.05, 0) is 36.8 Å². The summed E-state index contributed by atoms with van der Waals surface area (Å²) in [4.78, 5) is 10.9. The van der Waals surface area contributed by atoms with Crippen molar-refractivity contribution >= 4 is 27.4 Å². The van der Waals surface area contributed by atoms with Gasteiger partial charge in [-0.25, -0.2) is 13.2 Å². The van der Waals surface area contributed by atoms with Crippen molar-refractivity contribution in [2.45, 2.75) is 11.8 Å². The monoisotopic (exact) mass is 370 g/mol. The number of aromatic carboxylic acids is 1. The molecule has 0 atom stereocenters. The van der Waals surface area contributed by atoms with E-state index in [0.717, 1.165) is 11.6 Å². The Hall–Kier alpha value is -2.25. The highest BCUT2D eigenvalue weighted by molar-refractivity contribution is 7.91. The van der Waals surface area contributed by atoms with E-state index in [-0.39, 0.29) is 28.6 Å². The van der Waals surface area contributed by atoms with Gasteiger partial charge in [-0.15, -0.1) is 0 Å². The van der Waals surface area contributed by atoms with Crippen molar-refractivity contribution in [3.63, 3.8) is 0 Å². The second-order valence-corrected chi connectivity index (χ2v) is 7.58. The van der Waals surface area contributed by atoms with Crippen LogP contribution >= 0.6 is 11.6 Å². The number of carboxylic acids is 1. The molecule has 0 radical (unpaired) electrons. The van der Waals surface area contributed by atoms with Crippen LogP contribution in [0, 0.1) is 6.92 Å². The highest BCUT2D eigenvalue weighted by atomic mass is 35.5. The van der Waals surface area contributed by atoms with E-state index in [2.05, 4.69) is 0 Å². The van der Waals surface area contributed by atoms with Crippen molar-refractivity contribution in [2.75, 3.05) is 12.4 Å². The lowest BCUT2D eigenvalue weighted by Crippen LogP contribution is -2.14. The van der Waals surface area contributed by atoms with E-state index in [4.69, 9.17) is 21.4 Å². The Bertz CT molecular complexity index is 876. The molecule has 24 heavy (non-hydrogen) atoms. The fraction of sp³-hybridized carbons (Fsp3) is 0.188. The Kier molecular flexibility index (Phi) is 5.36. The molecule has 0 spiro atoms. The Morgan fingerprint density at radius 3 is 2.50 bits per heavy atom. The minimum atomic E-state index is -3.57. The van der Waals surface area contributed by atoms with Crippen molar-refractivity contribution < 1.29 is 28.2 Å². The molecule has 0 aromatic heterocycles. The number of hydrogen-bond donors (Lipinski definition) is 2. The molecule has 0 aliphatic carbocycles. The van der Waals surface area contributed by atoms with Gasteiger partial charge in [-0.2, -0.15) is 0 Å². The molecule has 6 nitrogen and oxygen atoms in total. The topological polar surface area (TPSA) is 101 Å². The quantitative estimate of drug-likeness (QED) is 0.810. The fourth-order valence-corrected chi connectivity index (χ4v) is 3.29. The highest BCUT2D eigenvalue weighted by Gasteiger charge is 2.16. The second-order valence-electron chi connectivity index (χ2n) is 5.06. The number of halogens is 1. The number of sulfone groups is 1. The Morgan fingerprint density at radius 2 is 1.92 bits per heavy atom. The van der Waals surface area contributed by atoms with Crippen LogP contribution in [0.4, 0.5) is 0 Å². The zero-order valence-electron chi connectivity index (χ0n) is 12.7. The number of aromatic hydroxyl groups is 1. The highest BCUT2D eigenvalue weighted by Crippen LogP contribution is 2.24. The predicted molar refractivity (Wildman–Crippen MR) is 88.8 cm³/mol. The molecule has 0 heterocycles. The molecule has 0 saturated heterocycles. The predicted octanol–water partition coefficient (Wildman–Crippen LogP) is 2.90. The number of ether oxygens (including phenoxy) is 1. The normalized spacial score (nSPS) is 11.2. The number of carbonyl (C=O) groups is 1. The van der Waals surface area contributed by atoms with Crippen LogP contribution in [0.5, 0.6) is 11.5 Å². The van der Waals surface area contributed by atoms with E-state index in [1.165, 1.54) is 24.3 Å². The van der Waals surface area contributed by atoms with Crippen LogP contribution in [0.3, 0.4) is 0 Å². The standard InChI is InChI=1S/C16H15ClO6S/c1-10-2-4-12(9-14(10)17)24(21,22)7-6-23-11-3-5-13(16(19)20)15(18)8-11/h2-5,8-9,18H,6-7H2,1H3,(H,19,20). The van der Waals surface area contributed by atoms with E-state index < -0.39 is 21.6 Å². The molecule has 0 saturated carbocycles. The van der Waals surface area contributed by atoms with Gasteiger partial charge in [0.2, 0.25) is 0 Å². The first kappa shape index (κ1) is 18.1. The average Bonchev–Trinajstić information content (AvgIpc) is 2.49. The molecule has 0 aliphatic heterocycles. The summed E-state index contributed by atoms with van der Waals surface area (Å²) in [5.74, 6) is -1.82. The summed E-state index contributed by atoms with van der Waals surface area (Å²) in [6.07, 6.45) is 0. The van der Waals surface area contributed by atoms with Gasteiger partial charge in [0, 0.05) is 11.1 Å². The molecule has 2 rings (SSSR count). The summed E-state index contributed by atoms with van der Waals surface area (Å²) < 4.78 is 29.7. The molecular formula is C16H15ClO6S. The van der Waals surface area contributed by atoms with Gasteiger partial charge >= 0.3 is 5.97 Å². The molecular weight excluding hydrogens is 356 g/mol. The Morgan fingerprint density at radius 1 is 1.21 bits per heavy atom. The van der Waals surface area contributed by atoms with Crippen LogP contribution in [-0.4, -0.2) is 37.0 Å². The second kappa shape index (κ2) is 7.11. The molecule has 2 aromatic rings. The van der Waals surface area contributed by atoms with E-state index in [9.17, 15) is 18.3 Å². The van der Waals surface area contributed by atoms with Crippen LogP contribution in [0.25, 0.3) is 0 Å². The number of carboxylic acid groups (broad SMARTS) is 1. The molecule has 0 unspecified atom stereocenters. The van der Waals surface area contributed by atoms with Crippen LogP contribution < -0.4 is 4.74 Å². The molecule has 8 heteroatoms. The van der Waals surface area contributed by atoms with E-state index in [1.807, 2.05) is 0 Å². The van der Waals surface area contributed by atoms with Gasteiger partial charge in [0.05, 0.1) is 10.6 Å². The van der Waals surface area contributed by atoms with Crippen LogP contribution in [0.15, 0.2) is 41.3 Å². The SMILES string of the molecule is Cc1ccc(S(=O)(=O)CCOc2ccc(C(=O)O)c(O)c2)cc1Cl. The van der Waals surface area contributed by atoms with Crippen LogP contribution in [0.2, 0.25) is 5.02 Å². The number of benzene rings is 2. The number of hydrogen-bond acceptors (Lipinski definition) is 5. The summed E-state index contributed by atoms with van der Waals surface area (Å²) >= 11 is 5.94. The van der Waals surface area contributed by atoms with E-state index in [0.29, 0.717) is 5.02 Å². The number of phenols is 1. The van der Waals surface area contributed by atoms with Crippen molar-refractivity contribution in [3.05, 3.63) is 52.5 Å². The molecule has 2 N–H and O–H groups in total. The number of rotatable bonds is 6. The van der Waals surface area contributed by atoms with E-state index >= 15 is 0 Å². The van der Waals surface area contributed by atoms with Gasteiger partial charge in [-0.1, -0.05) is 17.7 Å². The molecule has 2 aromatic carbocycles. The molecule has 0 bridgehead atoms. The average molecular weight is 371 g/mol. The molecule has 128 valence electrons. The Balaban J connectivity index is 2.04. The van der Waals surface area contributed by atoms with Crippen molar-refractivity contribution in [1.82, 2.24) is 0 Å².